The number of carbonyl (C=O) groups is 1. The van der Waals surface area contributed by atoms with Crippen molar-refractivity contribution < 1.29 is 4.79 Å². The monoisotopic (exact) mass is 394 g/mol. The summed E-state index contributed by atoms with van der Waals surface area (Å²) in [6.45, 7) is 15.9. The number of amides is 1. The fourth-order valence-electron chi connectivity index (χ4n) is 4.04. The van der Waals surface area contributed by atoms with Gasteiger partial charge in [-0.3, -0.25) is 4.79 Å². The third-order valence-electron chi connectivity index (χ3n) is 5.48. The van der Waals surface area contributed by atoms with Crippen LogP contribution in [0.4, 0.5) is 5.82 Å². The number of aromatic nitrogens is 2. The van der Waals surface area contributed by atoms with Gasteiger partial charge in [-0.25, -0.2) is 9.97 Å². The SMILES string of the molecule is Cc1cccc(-c2nc(C)c(C(C)C)c(N3CCN(C(=O)CC(C)C)CC3)n2)c1. The molecule has 0 atom stereocenters. The van der Waals surface area contributed by atoms with Crippen LogP contribution in [0.5, 0.6) is 0 Å². The Morgan fingerprint density at radius 2 is 1.72 bits per heavy atom. The van der Waals surface area contributed by atoms with E-state index in [4.69, 9.17) is 9.97 Å². The summed E-state index contributed by atoms with van der Waals surface area (Å²) in [5.74, 6) is 2.82. The lowest BCUT2D eigenvalue weighted by atomic mass is 10.0. The summed E-state index contributed by atoms with van der Waals surface area (Å²) in [6, 6.07) is 8.35. The molecule has 0 unspecified atom stereocenters. The third-order valence-corrected chi connectivity index (χ3v) is 5.48. The maximum absolute atomic E-state index is 12.4. The van der Waals surface area contributed by atoms with Gasteiger partial charge in [0.15, 0.2) is 5.82 Å². The summed E-state index contributed by atoms with van der Waals surface area (Å²) in [4.78, 5) is 26.6. The van der Waals surface area contributed by atoms with E-state index in [9.17, 15) is 4.79 Å². The van der Waals surface area contributed by atoms with Gasteiger partial charge >= 0.3 is 0 Å². The predicted molar refractivity (Wildman–Crippen MR) is 119 cm³/mol. The van der Waals surface area contributed by atoms with Gasteiger partial charge < -0.3 is 9.80 Å². The first-order valence-corrected chi connectivity index (χ1v) is 10.7. The van der Waals surface area contributed by atoms with E-state index in [1.54, 1.807) is 0 Å². The number of nitrogens with zero attached hydrogens (tertiary/aromatic N) is 4. The van der Waals surface area contributed by atoms with Crippen LogP contribution in [0.25, 0.3) is 11.4 Å². The van der Waals surface area contributed by atoms with Gasteiger partial charge in [-0.15, -0.1) is 0 Å². The van der Waals surface area contributed by atoms with Crippen molar-refractivity contribution in [2.45, 2.75) is 53.9 Å². The molecule has 5 nitrogen and oxygen atoms in total. The molecule has 1 aromatic carbocycles. The van der Waals surface area contributed by atoms with Crippen LogP contribution in [0.15, 0.2) is 24.3 Å². The number of hydrogen-bond acceptors (Lipinski definition) is 4. The Morgan fingerprint density at radius 3 is 2.31 bits per heavy atom. The molecule has 1 fully saturated rings. The molecular formula is C24H34N4O. The normalized spacial score (nSPS) is 14.8. The Labute approximate surface area is 175 Å². The Kier molecular flexibility index (Phi) is 6.56. The Hall–Kier alpha value is -2.43. The van der Waals surface area contributed by atoms with E-state index in [-0.39, 0.29) is 5.91 Å². The maximum atomic E-state index is 12.4. The van der Waals surface area contributed by atoms with Crippen molar-refractivity contribution in [1.82, 2.24) is 14.9 Å². The molecule has 1 aromatic heterocycles. The van der Waals surface area contributed by atoms with Crippen molar-refractivity contribution in [3.63, 3.8) is 0 Å². The summed E-state index contributed by atoms with van der Waals surface area (Å²) in [7, 11) is 0. The maximum Gasteiger partial charge on any atom is 0.222 e. The Morgan fingerprint density at radius 1 is 1.03 bits per heavy atom. The lowest BCUT2D eigenvalue weighted by Gasteiger charge is -2.37. The minimum Gasteiger partial charge on any atom is -0.353 e. The van der Waals surface area contributed by atoms with Gasteiger partial charge in [-0.1, -0.05) is 51.5 Å². The molecule has 0 aliphatic carbocycles. The predicted octanol–water partition coefficient (Wildman–Crippen LogP) is 4.58. The van der Waals surface area contributed by atoms with Crippen LogP contribution in [0.3, 0.4) is 0 Å². The smallest absolute Gasteiger partial charge is 0.222 e. The Bertz CT molecular complexity index is 867. The van der Waals surface area contributed by atoms with E-state index in [1.807, 2.05) is 4.90 Å². The zero-order valence-corrected chi connectivity index (χ0v) is 18.7. The van der Waals surface area contributed by atoms with E-state index in [0.29, 0.717) is 18.3 Å². The average molecular weight is 395 g/mol. The van der Waals surface area contributed by atoms with Gasteiger partial charge in [0.2, 0.25) is 5.91 Å². The van der Waals surface area contributed by atoms with Crippen molar-refractivity contribution in [2.75, 3.05) is 31.1 Å². The van der Waals surface area contributed by atoms with E-state index < -0.39 is 0 Å². The molecule has 3 rings (SSSR count). The summed E-state index contributed by atoms with van der Waals surface area (Å²) in [5.41, 5.74) is 4.51. The van der Waals surface area contributed by atoms with Crippen molar-refractivity contribution in [1.29, 1.82) is 0 Å². The number of hydrogen-bond donors (Lipinski definition) is 0. The van der Waals surface area contributed by atoms with Crippen molar-refractivity contribution in [3.05, 3.63) is 41.1 Å². The van der Waals surface area contributed by atoms with E-state index in [1.165, 1.54) is 11.1 Å². The molecule has 1 aliphatic rings. The molecule has 2 aromatic rings. The van der Waals surface area contributed by atoms with Gasteiger partial charge in [0.05, 0.1) is 0 Å². The summed E-state index contributed by atoms with van der Waals surface area (Å²) in [6.07, 6.45) is 0.626. The molecule has 0 bridgehead atoms. The lowest BCUT2D eigenvalue weighted by molar-refractivity contribution is -0.132. The highest BCUT2D eigenvalue weighted by atomic mass is 16.2. The van der Waals surface area contributed by atoms with E-state index in [2.05, 4.69) is 70.7 Å². The number of piperazine rings is 1. The van der Waals surface area contributed by atoms with Crippen LogP contribution in [-0.4, -0.2) is 47.0 Å². The summed E-state index contributed by atoms with van der Waals surface area (Å²) >= 11 is 0. The Balaban J connectivity index is 1.89. The minimum atomic E-state index is 0.267. The van der Waals surface area contributed by atoms with Crippen LogP contribution < -0.4 is 4.90 Å². The number of carbonyl (C=O) groups excluding carboxylic acids is 1. The van der Waals surface area contributed by atoms with Gasteiger partial charge in [0, 0.05) is 49.4 Å². The summed E-state index contributed by atoms with van der Waals surface area (Å²) in [5, 5.41) is 0. The third kappa shape index (κ3) is 4.95. The zero-order valence-electron chi connectivity index (χ0n) is 18.7. The first-order chi connectivity index (χ1) is 13.8. The number of rotatable bonds is 5. The molecule has 156 valence electrons. The first kappa shape index (κ1) is 21.3. The molecule has 0 radical (unpaired) electrons. The van der Waals surface area contributed by atoms with Crippen LogP contribution in [0.2, 0.25) is 0 Å². The molecule has 5 heteroatoms. The van der Waals surface area contributed by atoms with Gasteiger partial charge in [-0.05, 0) is 31.7 Å². The standard InChI is InChI=1S/C24H34N4O/c1-16(2)14-21(29)27-10-12-28(13-11-27)24-22(17(3)4)19(6)25-23(26-24)20-9-7-8-18(5)15-20/h7-9,15-17H,10-14H2,1-6H3. The fraction of sp³-hybridized carbons (Fsp3) is 0.542. The van der Waals surface area contributed by atoms with Crippen molar-refractivity contribution in [2.24, 2.45) is 5.92 Å². The van der Waals surface area contributed by atoms with Crippen LogP contribution in [0, 0.1) is 19.8 Å². The van der Waals surface area contributed by atoms with E-state index >= 15 is 0 Å². The quantitative estimate of drug-likeness (QED) is 0.745. The topological polar surface area (TPSA) is 49.3 Å². The fourth-order valence-corrected chi connectivity index (χ4v) is 4.04. The van der Waals surface area contributed by atoms with Crippen molar-refractivity contribution >= 4 is 11.7 Å². The highest BCUT2D eigenvalue weighted by Gasteiger charge is 2.26. The van der Waals surface area contributed by atoms with Gasteiger partial charge in [0.1, 0.15) is 5.82 Å². The second-order valence-electron chi connectivity index (χ2n) is 8.86. The second kappa shape index (κ2) is 8.93. The molecule has 0 saturated carbocycles. The minimum absolute atomic E-state index is 0.267. The summed E-state index contributed by atoms with van der Waals surface area (Å²) < 4.78 is 0. The first-order valence-electron chi connectivity index (χ1n) is 10.7. The highest BCUT2D eigenvalue weighted by molar-refractivity contribution is 5.76. The number of aryl methyl sites for hydroxylation is 2. The molecule has 1 aliphatic heterocycles. The largest absolute Gasteiger partial charge is 0.353 e. The van der Waals surface area contributed by atoms with Crippen LogP contribution in [0.1, 0.15) is 56.9 Å². The number of benzene rings is 1. The van der Waals surface area contributed by atoms with Crippen LogP contribution in [-0.2, 0) is 4.79 Å². The average Bonchev–Trinajstić information content (AvgIpc) is 2.66. The number of anilines is 1. The lowest BCUT2D eigenvalue weighted by Crippen LogP contribution is -2.49. The molecule has 29 heavy (non-hydrogen) atoms. The molecular weight excluding hydrogens is 360 g/mol. The molecule has 0 spiro atoms. The van der Waals surface area contributed by atoms with Crippen LogP contribution >= 0.6 is 0 Å². The molecule has 1 saturated heterocycles. The molecule has 1 amide bonds. The van der Waals surface area contributed by atoms with Crippen molar-refractivity contribution in [3.8, 4) is 11.4 Å². The van der Waals surface area contributed by atoms with Gasteiger partial charge in [-0.2, -0.15) is 0 Å². The zero-order chi connectivity index (χ0) is 21.1. The van der Waals surface area contributed by atoms with E-state index in [0.717, 1.165) is 49.1 Å². The van der Waals surface area contributed by atoms with Gasteiger partial charge in [0.25, 0.3) is 0 Å². The molecule has 0 N–H and O–H groups in total. The molecule has 2 heterocycles. The highest BCUT2D eigenvalue weighted by Crippen LogP contribution is 2.31. The second-order valence-corrected chi connectivity index (χ2v) is 8.86.